The summed E-state index contributed by atoms with van der Waals surface area (Å²) in [7, 11) is 0. The molecule has 0 bridgehead atoms. The van der Waals surface area contributed by atoms with Crippen molar-refractivity contribution in [2.45, 2.75) is 6.10 Å². The fourth-order valence-corrected chi connectivity index (χ4v) is 2.53. The molecular formula is C13H17Cl2NO3. The van der Waals surface area contributed by atoms with Crippen LogP contribution in [0.4, 0.5) is 0 Å². The number of halogens is 2. The highest BCUT2D eigenvalue weighted by atomic mass is 35.5. The molecule has 1 aliphatic rings. The van der Waals surface area contributed by atoms with E-state index in [-0.39, 0.29) is 12.7 Å². The average Bonchev–Trinajstić information content (AvgIpc) is 2.39. The second-order valence-electron chi connectivity index (χ2n) is 4.38. The Morgan fingerprint density at radius 3 is 2.79 bits per heavy atom. The monoisotopic (exact) mass is 305 g/mol. The van der Waals surface area contributed by atoms with E-state index in [1.54, 1.807) is 18.2 Å². The van der Waals surface area contributed by atoms with Crippen LogP contribution >= 0.6 is 23.2 Å². The fourth-order valence-electron chi connectivity index (χ4n) is 2.02. The molecule has 0 unspecified atom stereocenters. The summed E-state index contributed by atoms with van der Waals surface area (Å²) in [6.07, 6.45) is -0.0346. The molecule has 0 aliphatic carbocycles. The highest BCUT2D eigenvalue weighted by Gasteiger charge is 2.21. The summed E-state index contributed by atoms with van der Waals surface area (Å²) >= 11 is 12.1. The van der Waals surface area contributed by atoms with Crippen molar-refractivity contribution in [3.05, 3.63) is 28.2 Å². The molecule has 1 aliphatic heterocycles. The van der Waals surface area contributed by atoms with Gasteiger partial charge in [0.05, 0.1) is 23.3 Å². The summed E-state index contributed by atoms with van der Waals surface area (Å²) in [4.78, 5) is 2.14. The molecule has 1 N–H and O–H groups in total. The lowest BCUT2D eigenvalue weighted by Gasteiger charge is -2.32. The molecule has 1 atom stereocenters. The summed E-state index contributed by atoms with van der Waals surface area (Å²) in [5.41, 5.74) is 0. The van der Waals surface area contributed by atoms with Crippen molar-refractivity contribution < 1.29 is 14.6 Å². The van der Waals surface area contributed by atoms with Crippen LogP contribution in [0.2, 0.25) is 10.0 Å². The van der Waals surface area contributed by atoms with Crippen molar-refractivity contribution in [2.24, 2.45) is 0 Å². The minimum Gasteiger partial charge on any atom is -0.488 e. The molecule has 0 spiro atoms. The van der Waals surface area contributed by atoms with Crippen LogP contribution in [0.15, 0.2) is 18.2 Å². The quantitative estimate of drug-likeness (QED) is 0.904. The van der Waals surface area contributed by atoms with E-state index in [1.165, 1.54) is 0 Å². The molecule has 1 aromatic carbocycles. The first-order valence-electron chi connectivity index (χ1n) is 6.22. The van der Waals surface area contributed by atoms with Crippen LogP contribution in [-0.2, 0) is 4.74 Å². The first-order valence-corrected chi connectivity index (χ1v) is 6.98. The summed E-state index contributed by atoms with van der Waals surface area (Å²) < 4.78 is 11.3. The molecule has 106 valence electrons. The molecule has 6 heteroatoms. The third-order valence-corrected chi connectivity index (χ3v) is 3.57. The van der Waals surface area contributed by atoms with Gasteiger partial charge in [0.25, 0.3) is 0 Å². The normalized spacial score (nSPS) is 20.5. The summed E-state index contributed by atoms with van der Waals surface area (Å²) in [5, 5.41) is 9.93. The second kappa shape index (κ2) is 7.31. The summed E-state index contributed by atoms with van der Waals surface area (Å²) in [5.74, 6) is 0.494. The van der Waals surface area contributed by atoms with Crippen LogP contribution in [0.3, 0.4) is 0 Å². The van der Waals surface area contributed by atoms with Gasteiger partial charge in [-0.2, -0.15) is 0 Å². The number of aliphatic hydroxyl groups excluding tert-OH is 1. The minimum atomic E-state index is -0.0346. The van der Waals surface area contributed by atoms with Gasteiger partial charge in [0.2, 0.25) is 0 Å². The van der Waals surface area contributed by atoms with Gasteiger partial charge in [-0.15, -0.1) is 0 Å². The average molecular weight is 306 g/mol. The number of ether oxygens (including phenoxy) is 2. The number of β-amino-alcohol motifs (C(OH)–C–C–N with tert-alkyl or cyclic N) is 1. The smallest absolute Gasteiger partial charge is 0.156 e. The lowest BCUT2D eigenvalue weighted by Crippen LogP contribution is -2.45. The molecule has 0 amide bonds. The van der Waals surface area contributed by atoms with Crippen molar-refractivity contribution in [3.63, 3.8) is 0 Å². The summed E-state index contributed by atoms with van der Waals surface area (Å²) in [6.45, 7) is 3.43. The van der Waals surface area contributed by atoms with Crippen LogP contribution in [0.5, 0.6) is 5.75 Å². The number of hydrogen-bond acceptors (Lipinski definition) is 4. The number of hydrogen-bond donors (Lipinski definition) is 1. The van der Waals surface area contributed by atoms with Gasteiger partial charge in [-0.3, -0.25) is 4.90 Å². The molecule has 1 saturated heterocycles. The van der Waals surface area contributed by atoms with Crippen LogP contribution in [0.1, 0.15) is 0 Å². The lowest BCUT2D eigenvalue weighted by molar-refractivity contribution is -0.0508. The molecule has 4 nitrogen and oxygen atoms in total. The fraction of sp³-hybridized carbons (Fsp3) is 0.538. The van der Waals surface area contributed by atoms with Gasteiger partial charge in [-0.1, -0.05) is 29.3 Å². The van der Waals surface area contributed by atoms with Gasteiger partial charge in [0.1, 0.15) is 12.7 Å². The Morgan fingerprint density at radius 1 is 1.37 bits per heavy atom. The van der Waals surface area contributed by atoms with E-state index >= 15 is 0 Å². The third kappa shape index (κ3) is 4.23. The molecular weight excluding hydrogens is 289 g/mol. The zero-order chi connectivity index (χ0) is 13.7. The van der Waals surface area contributed by atoms with E-state index in [1.807, 2.05) is 0 Å². The van der Waals surface area contributed by atoms with Crippen LogP contribution in [-0.4, -0.2) is 55.6 Å². The molecule has 2 rings (SSSR count). The number of rotatable bonds is 5. The molecule has 0 aromatic heterocycles. The predicted octanol–water partition coefficient (Wildman–Crippen LogP) is 2.07. The molecule has 1 fully saturated rings. The maximum absolute atomic E-state index is 8.94. The van der Waals surface area contributed by atoms with Crippen LogP contribution in [0.25, 0.3) is 0 Å². The molecule has 19 heavy (non-hydrogen) atoms. The van der Waals surface area contributed by atoms with Gasteiger partial charge < -0.3 is 14.6 Å². The van der Waals surface area contributed by atoms with E-state index < -0.39 is 0 Å². The molecule has 1 heterocycles. The highest BCUT2D eigenvalue weighted by molar-refractivity contribution is 6.37. The van der Waals surface area contributed by atoms with Gasteiger partial charge in [-0.05, 0) is 12.1 Å². The Balaban J connectivity index is 1.88. The Bertz CT molecular complexity index is 395. The van der Waals surface area contributed by atoms with Crippen molar-refractivity contribution in [1.82, 2.24) is 4.90 Å². The zero-order valence-corrected chi connectivity index (χ0v) is 12.0. The van der Waals surface area contributed by atoms with E-state index in [2.05, 4.69) is 4.90 Å². The van der Waals surface area contributed by atoms with Gasteiger partial charge in [0, 0.05) is 19.6 Å². The number of aliphatic hydroxyl groups is 1. The Morgan fingerprint density at radius 2 is 2.11 bits per heavy atom. The maximum atomic E-state index is 8.94. The molecule has 0 saturated carbocycles. The maximum Gasteiger partial charge on any atom is 0.156 e. The van der Waals surface area contributed by atoms with Gasteiger partial charge in [-0.25, -0.2) is 0 Å². The number of morpholine rings is 1. The molecule has 0 radical (unpaired) electrons. The SMILES string of the molecule is OCCN1CCO[C@H](COc2c(Cl)cccc2Cl)C1. The van der Waals surface area contributed by atoms with E-state index in [0.717, 1.165) is 13.1 Å². The van der Waals surface area contributed by atoms with E-state index in [4.69, 9.17) is 37.8 Å². The third-order valence-electron chi connectivity index (χ3n) is 2.97. The Hall–Kier alpha value is -0.520. The number of para-hydroxylation sites is 1. The van der Waals surface area contributed by atoms with Crippen molar-refractivity contribution >= 4 is 23.2 Å². The van der Waals surface area contributed by atoms with Crippen molar-refractivity contribution in [3.8, 4) is 5.75 Å². The van der Waals surface area contributed by atoms with Crippen molar-refractivity contribution in [2.75, 3.05) is 39.5 Å². The Labute approximate surface area is 122 Å². The van der Waals surface area contributed by atoms with Crippen LogP contribution < -0.4 is 4.74 Å². The Kier molecular flexibility index (Phi) is 5.73. The summed E-state index contributed by atoms with van der Waals surface area (Å²) in [6, 6.07) is 5.25. The van der Waals surface area contributed by atoms with Gasteiger partial charge in [0.15, 0.2) is 5.75 Å². The van der Waals surface area contributed by atoms with Crippen molar-refractivity contribution in [1.29, 1.82) is 0 Å². The predicted molar refractivity (Wildman–Crippen MR) is 75.2 cm³/mol. The minimum absolute atomic E-state index is 0.0346. The first-order chi connectivity index (χ1) is 9.20. The van der Waals surface area contributed by atoms with Gasteiger partial charge >= 0.3 is 0 Å². The first kappa shape index (κ1) is 14.9. The topological polar surface area (TPSA) is 41.9 Å². The standard InChI is InChI=1S/C13H17Cl2NO3/c14-11-2-1-3-12(15)13(11)19-9-10-8-16(4-6-17)5-7-18-10/h1-3,10,17H,4-9H2/t10-/m0/s1. The lowest BCUT2D eigenvalue weighted by atomic mass is 10.3. The number of benzene rings is 1. The second-order valence-corrected chi connectivity index (χ2v) is 5.19. The van der Waals surface area contributed by atoms with E-state index in [9.17, 15) is 0 Å². The molecule has 1 aromatic rings. The largest absolute Gasteiger partial charge is 0.488 e. The number of nitrogens with zero attached hydrogens (tertiary/aromatic N) is 1. The zero-order valence-electron chi connectivity index (χ0n) is 10.5. The van der Waals surface area contributed by atoms with E-state index in [0.29, 0.717) is 35.6 Å². The highest BCUT2D eigenvalue weighted by Crippen LogP contribution is 2.32. The van der Waals surface area contributed by atoms with Crippen LogP contribution in [0, 0.1) is 0 Å².